The van der Waals surface area contributed by atoms with Crippen LogP contribution >= 0.6 is 0 Å². The first kappa shape index (κ1) is 9.23. The summed E-state index contributed by atoms with van der Waals surface area (Å²) in [6.07, 6.45) is 6.32. The van der Waals surface area contributed by atoms with Crippen LogP contribution in [0, 0.1) is 12.8 Å². The smallest absolute Gasteiger partial charge is 0.0796 e. The second-order valence-electron chi connectivity index (χ2n) is 3.57. The lowest BCUT2D eigenvalue weighted by atomic mass is 9.88. The van der Waals surface area contributed by atoms with Gasteiger partial charge in [-0.3, -0.25) is 4.68 Å². The second kappa shape index (κ2) is 4.24. The Bertz CT molecular complexity index is 209. The average molecular weight is 167 g/mol. The molecule has 0 N–H and O–H groups in total. The lowest BCUT2D eigenvalue weighted by molar-refractivity contribution is 0.346. The molecule has 1 fully saturated rings. The zero-order chi connectivity index (χ0) is 8.97. The highest BCUT2D eigenvalue weighted by Gasteiger charge is 2.09. The van der Waals surface area contributed by atoms with E-state index in [1.54, 1.807) is 4.68 Å². The maximum Gasteiger partial charge on any atom is 0.0796 e. The van der Waals surface area contributed by atoms with Gasteiger partial charge >= 0.3 is 0 Å². The minimum Gasteiger partial charge on any atom is -0.255 e. The van der Waals surface area contributed by atoms with Gasteiger partial charge in [0.2, 0.25) is 0 Å². The third-order valence-electron chi connectivity index (χ3n) is 2.11. The Balaban J connectivity index is 0.000000127. The lowest BCUT2D eigenvalue weighted by Gasteiger charge is -2.18. The molecule has 1 aliphatic carbocycles. The van der Waals surface area contributed by atoms with Crippen molar-refractivity contribution in [2.75, 3.05) is 0 Å². The summed E-state index contributed by atoms with van der Waals surface area (Å²) in [5, 5.41) is 7.41. The number of aromatic nitrogens is 3. The quantitative estimate of drug-likeness (QED) is 0.591. The van der Waals surface area contributed by atoms with Crippen LogP contribution in [0.25, 0.3) is 0 Å². The van der Waals surface area contributed by atoms with Crippen LogP contribution in [0.4, 0.5) is 0 Å². The molecule has 0 amide bonds. The highest BCUT2D eigenvalue weighted by atomic mass is 15.4. The van der Waals surface area contributed by atoms with Crippen molar-refractivity contribution in [1.82, 2.24) is 15.0 Å². The molecule has 1 aliphatic rings. The maximum absolute atomic E-state index is 3.73. The Morgan fingerprint density at radius 1 is 1.50 bits per heavy atom. The van der Waals surface area contributed by atoms with E-state index in [1.807, 2.05) is 20.2 Å². The van der Waals surface area contributed by atoms with E-state index in [2.05, 4.69) is 17.2 Å². The average Bonchev–Trinajstić information content (AvgIpc) is 2.32. The van der Waals surface area contributed by atoms with Crippen molar-refractivity contribution in [1.29, 1.82) is 0 Å². The summed E-state index contributed by atoms with van der Waals surface area (Å²) < 4.78 is 1.68. The standard InChI is InChI=1S/C5H10.C4H7N3/c1-5-3-2-4-5;1-4-3-7(2)6-5-4/h5H,2-4H2,1H3;3H,1-2H3. The molecule has 12 heavy (non-hydrogen) atoms. The van der Waals surface area contributed by atoms with Crippen molar-refractivity contribution in [3.63, 3.8) is 0 Å². The van der Waals surface area contributed by atoms with Crippen molar-refractivity contribution < 1.29 is 0 Å². The summed E-state index contributed by atoms with van der Waals surface area (Å²) in [6, 6.07) is 0. The molecule has 0 atom stereocenters. The molecule has 1 aromatic heterocycles. The van der Waals surface area contributed by atoms with Crippen LogP contribution in [-0.2, 0) is 7.05 Å². The molecule has 0 spiro atoms. The first-order chi connectivity index (χ1) is 5.68. The van der Waals surface area contributed by atoms with E-state index in [0.717, 1.165) is 11.6 Å². The number of hydrogen-bond acceptors (Lipinski definition) is 2. The summed E-state index contributed by atoms with van der Waals surface area (Å²) >= 11 is 0. The molecule has 0 unspecified atom stereocenters. The third kappa shape index (κ3) is 3.03. The van der Waals surface area contributed by atoms with Crippen molar-refractivity contribution in [3.05, 3.63) is 11.9 Å². The van der Waals surface area contributed by atoms with Crippen molar-refractivity contribution in [2.24, 2.45) is 13.0 Å². The predicted octanol–water partition coefficient (Wildman–Crippen LogP) is 1.93. The molecule has 3 heteroatoms. The Hall–Kier alpha value is -0.860. The Morgan fingerprint density at radius 2 is 2.08 bits per heavy atom. The molecular weight excluding hydrogens is 150 g/mol. The van der Waals surface area contributed by atoms with E-state index in [9.17, 15) is 0 Å². The van der Waals surface area contributed by atoms with Crippen LogP contribution in [0.3, 0.4) is 0 Å². The fourth-order valence-electron chi connectivity index (χ4n) is 1.08. The van der Waals surface area contributed by atoms with Gasteiger partial charge in [-0.1, -0.05) is 31.4 Å². The predicted molar refractivity (Wildman–Crippen MR) is 48.8 cm³/mol. The van der Waals surface area contributed by atoms with Crippen molar-refractivity contribution >= 4 is 0 Å². The normalized spacial score (nSPS) is 16.2. The molecule has 0 aliphatic heterocycles. The van der Waals surface area contributed by atoms with Gasteiger partial charge < -0.3 is 0 Å². The molecule has 1 heterocycles. The second-order valence-corrected chi connectivity index (χ2v) is 3.57. The lowest BCUT2D eigenvalue weighted by Crippen LogP contribution is -2.04. The van der Waals surface area contributed by atoms with Gasteiger partial charge in [-0.25, -0.2) is 0 Å². The molecular formula is C9H17N3. The van der Waals surface area contributed by atoms with Crippen LogP contribution in [0.1, 0.15) is 31.9 Å². The van der Waals surface area contributed by atoms with Gasteiger partial charge in [-0.15, -0.1) is 5.10 Å². The summed E-state index contributed by atoms with van der Waals surface area (Å²) in [6.45, 7) is 4.22. The number of nitrogens with zero attached hydrogens (tertiary/aromatic N) is 3. The molecule has 3 nitrogen and oxygen atoms in total. The number of hydrogen-bond donors (Lipinski definition) is 0. The van der Waals surface area contributed by atoms with Crippen LogP contribution in [-0.4, -0.2) is 15.0 Å². The molecule has 2 rings (SSSR count). The van der Waals surface area contributed by atoms with Gasteiger partial charge in [0.25, 0.3) is 0 Å². The summed E-state index contributed by atoms with van der Waals surface area (Å²) in [4.78, 5) is 0. The fraction of sp³-hybridized carbons (Fsp3) is 0.778. The first-order valence-corrected chi connectivity index (χ1v) is 4.51. The zero-order valence-electron chi connectivity index (χ0n) is 8.12. The number of aryl methyl sites for hydroxylation is 2. The van der Waals surface area contributed by atoms with Crippen molar-refractivity contribution in [3.8, 4) is 0 Å². The minimum atomic E-state index is 0.961. The Kier molecular flexibility index (Phi) is 3.26. The van der Waals surface area contributed by atoms with Crippen LogP contribution in [0.2, 0.25) is 0 Å². The van der Waals surface area contributed by atoms with Gasteiger partial charge in [0, 0.05) is 13.2 Å². The van der Waals surface area contributed by atoms with E-state index in [-0.39, 0.29) is 0 Å². The van der Waals surface area contributed by atoms with Crippen LogP contribution < -0.4 is 0 Å². The van der Waals surface area contributed by atoms with E-state index in [4.69, 9.17) is 0 Å². The first-order valence-electron chi connectivity index (χ1n) is 4.51. The van der Waals surface area contributed by atoms with E-state index in [0.29, 0.717) is 0 Å². The van der Waals surface area contributed by atoms with Gasteiger partial charge in [-0.2, -0.15) is 0 Å². The number of rotatable bonds is 0. The SMILES string of the molecule is CC1CCC1.Cc1cn(C)nn1. The molecule has 0 aromatic carbocycles. The fourth-order valence-corrected chi connectivity index (χ4v) is 1.08. The monoisotopic (exact) mass is 167 g/mol. The molecule has 0 bridgehead atoms. The topological polar surface area (TPSA) is 30.7 Å². The minimum absolute atomic E-state index is 0.961. The summed E-state index contributed by atoms with van der Waals surface area (Å²) in [5.74, 6) is 1.06. The molecule has 1 aromatic rings. The van der Waals surface area contributed by atoms with Gasteiger partial charge in [0.1, 0.15) is 0 Å². The molecule has 1 saturated carbocycles. The zero-order valence-corrected chi connectivity index (χ0v) is 8.12. The summed E-state index contributed by atoms with van der Waals surface area (Å²) in [5.41, 5.74) is 0.961. The van der Waals surface area contributed by atoms with E-state index in [1.165, 1.54) is 19.3 Å². The van der Waals surface area contributed by atoms with E-state index < -0.39 is 0 Å². The third-order valence-corrected chi connectivity index (χ3v) is 2.11. The van der Waals surface area contributed by atoms with Crippen LogP contribution in [0.15, 0.2) is 6.20 Å². The highest BCUT2D eigenvalue weighted by molar-refractivity contribution is 4.85. The Morgan fingerprint density at radius 3 is 2.17 bits per heavy atom. The molecule has 0 radical (unpaired) electrons. The maximum atomic E-state index is 3.73. The van der Waals surface area contributed by atoms with Crippen molar-refractivity contribution in [2.45, 2.75) is 33.1 Å². The Labute approximate surface area is 73.8 Å². The van der Waals surface area contributed by atoms with Gasteiger partial charge in [-0.05, 0) is 12.8 Å². The molecule has 68 valence electrons. The van der Waals surface area contributed by atoms with Gasteiger partial charge in [0.05, 0.1) is 5.69 Å². The van der Waals surface area contributed by atoms with Gasteiger partial charge in [0.15, 0.2) is 0 Å². The summed E-state index contributed by atoms with van der Waals surface area (Å²) in [7, 11) is 1.85. The molecule has 0 saturated heterocycles. The van der Waals surface area contributed by atoms with E-state index >= 15 is 0 Å². The largest absolute Gasteiger partial charge is 0.255 e. The van der Waals surface area contributed by atoms with Crippen LogP contribution in [0.5, 0.6) is 0 Å². The highest BCUT2D eigenvalue weighted by Crippen LogP contribution is 2.24.